The van der Waals surface area contributed by atoms with Gasteiger partial charge in [-0.2, -0.15) is 0 Å². The molecule has 0 spiro atoms. The Hall–Kier alpha value is -5.82. The Morgan fingerprint density at radius 1 is 0.597 bits per heavy atom. The number of carbonyl (C=O) groups excluding carboxylic acids is 1. The predicted molar refractivity (Wildman–Crippen MR) is 245 cm³/mol. The Kier molecular flexibility index (Phi) is 16.1. The Labute approximate surface area is 366 Å². The average molecular weight is 837 g/mol. The van der Waals surface area contributed by atoms with E-state index in [1.165, 1.54) is 44.5 Å². The highest BCUT2D eigenvalue weighted by molar-refractivity contribution is 5.71. The molecule has 9 rings (SSSR count). The number of hydrogen-bond donors (Lipinski definition) is 3. The quantitative estimate of drug-likeness (QED) is 0.142. The van der Waals surface area contributed by atoms with Crippen LogP contribution in [0.25, 0.3) is 33.4 Å². The molecule has 3 aromatic carbocycles. The second-order valence-corrected chi connectivity index (χ2v) is 16.0. The first-order valence-electron chi connectivity index (χ1n) is 21.0. The van der Waals surface area contributed by atoms with Gasteiger partial charge >= 0.3 is 6.09 Å². The summed E-state index contributed by atoms with van der Waals surface area (Å²) >= 11 is 0. The fraction of sp³-hybridized carbons (Fsp3) is 0.333. The molecule has 11 heteroatoms. The van der Waals surface area contributed by atoms with Gasteiger partial charge in [0.1, 0.15) is 11.7 Å². The summed E-state index contributed by atoms with van der Waals surface area (Å²) in [4.78, 5) is 24.5. The summed E-state index contributed by atoms with van der Waals surface area (Å²) in [5, 5.41) is 2.81. The van der Waals surface area contributed by atoms with Crippen LogP contribution in [-0.4, -0.2) is 66.1 Å². The Morgan fingerprint density at radius 3 is 1.31 bits per heavy atom. The Balaban J connectivity index is 0.000000157. The van der Waals surface area contributed by atoms with Crippen molar-refractivity contribution in [3.8, 4) is 33.4 Å². The van der Waals surface area contributed by atoms with Gasteiger partial charge in [-0.3, -0.25) is 15.0 Å². The van der Waals surface area contributed by atoms with Crippen LogP contribution in [0.4, 0.5) is 4.79 Å². The minimum absolute atomic E-state index is 0. The van der Waals surface area contributed by atoms with Gasteiger partial charge in [-0.25, -0.2) is 4.79 Å². The third kappa shape index (κ3) is 11.4. The van der Waals surface area contributed by atoms with E-state index in [2.05, 4.69) is 87.0 Å². The van der Waals surface area contributed by atoms with Crippen LogP contribution in [0.2, 0.25) is 0 Å². The third-order valence-electron chi connectivity index (χ3n) is 10.9. The topological polar surface area (TPSA) is 157 Å². The number of carbonyl (C=O) groups is 1. The zero-order valence-electron chi connectivity index (χ0n) is 35.3. The molecule has 0 radical (unpaired) electrons. The predicted octanol–water partition coefficient (Wildman–Crippen LogP) is 9.17. The van der Waals surface area contributed by atoms with E-state index in [-0.39, 0.29) is 25.7 Å². The van der Waals surface area contributed by atoms with E-state index < -0.39 is 11.7 Å². The van der Waals surface area contributed by atoms with Crippen LogP contribution in [0.3, 0.4) is 0 Å². The van der Waals surface area contributed by atoms with Crippen LogP contribution in [0.15, 0.2) is 128 Å². The highest BCUT2D eigenvalue weighted by Gasteiger charge is 2.26. The molecule has 3 aromatic heterocycles. The molecule has 0 saturated carbocycles. The highest BCUT2D eigenvalue weighted by Crippen LogP contribution is 2.36. The maximum absolute atomic E-state index is 11.9. The van der Waals surface area contributed by atoms with Gasteiger partial charge in [0, 0.05) is 67.0 Å². The number of ether oxygens (including phenoxy) is 4. The number of nitrogens with two attached hydrogens (primary N) is 2. The molecule has 324 valence electrons. The lowest BCUT2D eigenvalue weighted by atomic mass is 9.90. The summed E-state index contributed by atoms with van der Waals surface area (Å²) in [5.41, 5.74) is 25.7. The monoisotopic (exact) mass is 836 g/mol. The average Bonchev–Trinajstić information content (AvgIpc) is 3.30. The van der Waals surface area contributed by atoms with Crippen molar-refractivity contribution in [1.29, 1.82) is 0 Å². The number of aromatic nitrogens is 3. The Bertz CT molecular complexity index is 2240. The van der Waals surface area contributed by atoms with E-state index in [4.69, 9.17) is 30.4 Å². The highest BCUT2D eigenvalue weighted by atomic mass is 16.6. The van der Waals surface area contributed by atoms with Crippen molar-refractivity contribution < 1.29 is 23.7 Å². The van der Waals surface area contributed by atoms with Crippen LogP contribution in [-0.2, 0) is 38.2 Å². The van der Waals surface area contributed by atoms with Crippen LogP contribution >= 0.6 is 0 Å². The molecule has 5 N–H and O–H groups in total. The molecular formula is C51H60N6O5. The van der Waals surface area contributed by atoms with Crippen molar-refractivity contribution in [2.45, 2.75) is 71.4 Å². The molecule has 0 fully saturated rings. The maximum Gasteiger partial charge on any atom is 0.407 e. The molecule has 0 aliphatic carbocycles. The SMILES string of the molecule is C.CC(C)(C)OC(=O)NC[C@H]1OCCc2c(-c3cccnc3)cccc21.NC[C@@H]1OCCc2c(-c3cccnc3)cccc21.NC[C@H]1OCCc2c(-c3cccnc3)cccc21. The van der Waals surface area contributed by atoms with Crippen LogP contribution in [0, 0.1) is 0 Å². The van der Waals surface area contributed by atoms with Gasteiger partial charge in [-0.15, -0.1) is 0 Å². The fourth-order valence-electron chi connectivity index (χ4n) is 8.16. The molecule has 6 aromatic rings. The second kappa shape index (κ2) is 21.8. The van der Waals surface area contributed by atoms with E-state index in [1.54, 1.807) is 18.6 Å². The zero-order valence-corrected chi connectivity index (χ0v) is 35.3. The standard InChI is InChI=1S/C20H24N2O3.2C15H16N2O.CH4/c1-20(2,3)25-19(23)22-13-18-17-8-4-7-15(16(17)9-11-24-18)14-6-5-10-21-12-14;2*16-9-15-14-5-1-4-12(13(14)6-8-18-15)11-3-2-7-17-10-11;/h4-8,10,12,18H,9,11,13H2,1-3H3,(H,22,23);2*1-5,7,10,15H,6,8-9,16H2;1H4/t18-;2*15-;/m110./s1. The van der Waals surface area contributed by atoms with Gasteiger partial charge < -0.3 is 35.7 Å². The van der Waals surface area contributed by atoms with Crippen molar-refractivity contribution in [2.75, 3.05) is 39.5 Å². The molecule has 3 aliphatic heterocycles. The lowest BCUT2D eigenvalue weighted by Gasteiger charge is -2.28. The summed E-state index contributed by atoms with van der Waals surface area (Å²) in [7, 11) is 0. The number of rotatable bonds is 7. The summed E-state index contributed by atoms with van der Waals surface area (Å²) in [6.07, 6.45) is 13.3. The van der Waals surface area contributed by atoms with E-state index in [0.29, 0.717) is 26.2 Å². The van der Waals surface area contributed by atoms with E-state index in [0.717, 1.165) is 54.7 Å². The molecule has 1 amide bonds. The molecule has 3 atom stereocenters. The minimum atomic E-state index is -0.511. The van der Waals surface area contributed by atoms with Crippen LogP contribution in [0.5, 0.6) is 0 Å². The summed E-state index contributed by atoms with van der Waals surface area (Å²) in [6, 6.07) is 31.0. The van der Waals surface area contributed by atoms with Gasteiger partial charge in [0.15, 0.2) is 0 Å². The molecule has 0 saturated heterocycles. The van der Waals surface area contributed by atoms with Crippen molar-refractivity contribution in [1.82, 2.24) is 20.3 Å². The first kappa shape index (κ1) is 45.7. The minimum Gasteiger partial charge on any atom is -0.444 e. The van der Waals surface area contributed by atoms with Crippen molar-refractivity contribution >= 4 is 6.09 Å². The first-order chi connectivity index (χ1) is 29.7. The lowest BCUT2D eigenvalue weighted by Crippen LogP contribution is -2.36. The number of pyridine rings is 3. The molecule has 0 bridgehead atoms. The molecule has 0 unspecified atom stereocenters. The normalized spacial score (nSPS) is 17.5. The number of hydrogen-bond acceptors (Lipinski definition) is 10. The van der Waals surface area contributed by atoms with Crippen LogP contribution < -0.4 is 16.8 Å². The number of nitrogens with one attached hydrogen (secondary N) is 1. The number of amides is 1. The van der Waals surface area contributed by atoms with Gasteiger partial charge in [0.05, 0.1) is 38.6 Å². The maximum atomic E-state index is 11.9. The van der Waals surface area contributed by atoms with Crippen molar-refractivity contribution in [3.63, 3.8) is 0 Å². The lowest BCUT2D eigenvalue weighted by molar-refractivity contribution is 0.0289. The van der Waals surface area contributed by atoms with Gasteiger partial charge in [-0.1, -0.05) is 80.2 Å². The third-order valence-corrected chi connectivity index (χ3v) is 10.9. The molecule has 11 nitrogen and oxygen atoms in total. The molecular weight excluding hydrogens is 777 g/mol. The molecule has 6 heterocycles. The first-order valence-corrected chi connectivity index (χ1v) is 21.0. The van der Waals surface area contributed by atoms with Crippen LogP contribution in [0.1, 0.15) is 79.9 Å². The van der Waals surface area contributed by atoms with Crippen molar-refractivity contribution in [2.24, 2.45) is 11.5 Å². The summed E-state index contributed by atoms with van der Waals surface area (Å²) < 4.78 is 22.6. The van der Waals surface area contributed by atoms with E-state index in [9.17, 15) is 4.79 Å². The smallest absolute Gasteiger partial charge is 0.407 e. The Morgan fingerprint density at radius 2 is 0.968 bits per heavy atom. The molecule has 62 heavy (non-hydrogen) atoms. The second-order valence-electron chi connectivity index (χ2n) is 16.0. The number of alkyl carbamates (subject to hydrolysis) is 1. The number of fused-ring (bicyclic) bond motifs is 3. The van der Waals surface area contributed by atoms with Gasteiger partial charge in [0.25, 0.3) is 0 Å². The van der Waals surface area contributed by atoms with Gasteiger partial charge in [-0.05, 0) is 108 Å². The number of benzene rings is 3. The van der Waals surface area contributed by atoms with E-state index >= 15 is 0 Å². The largest absolute Gasteiger partial charge is 0.444 e. The zero-order chi connectivity index (χ0) is 42.6. The summed E-state index contributed by atoms with van der Waals surface area (Å²) in [6.45, 7) is 9.10. The van der Waals surface area contributed by atoms with Gasteiger partial charge in [0.2, 0.25) is 0 Å². The van der Waals surface area contributed by atoms with Crippen molar-refractivity contribution in [3.05, 3.63) is 162 Å². The summed E-state index contributed by atoms with van der Waals surface area (Å²) in [5.74, 6) is 0. The number of nitrogens with zero attached hydrogens (tertiary/aromatic N) is 3. The van der Waals surface area contributed by atoms with E-state index in [1.807, 2.05) is 63.6 Å². The fourth-order valence-corrected chi connectivity index (χ4v) is 8.16. The molecule has 3 aliphatic rings.